The van der Waals surface area contributed by atoms with Gasteiger partial charge in [-0.15, -0.1) is 0 Å². The number of hydrogen-bond acceptors (Lipinski definition) is 4. The maximum Gasteiger partial charge on any atom is 0.311 e. The van der Waals surface area contributed by atoms with Crippen molar-refractivity contribution in [3.8, 4) is 0 Å². The zero-order valence-corrected chi connectivity index (χ0v) is 10.6. The molecule has 106 valence electrons. The molecule has 1 atom stereocenters. The summed E-state index contributed by atoms with van der Waals surface area (Å²) in [6, 6.07) is -0.529. The van der Waals surface area contributed by atoms with Gasteiger partial charge >= 0.3 is 5.97 Å². The smallest absolute Gasteiger partial charge is 0.311 e. The lowest BCUT2D eigenvalue weighted by Gasteiger charge is -2.33. The quantitative estimate of drug-likeness (QED) is 0.624. The standard InChI is InChI=1S/C12H18N2O5/c15-9-2-1-8(14-9)10(16)13-7-12(11(17)18)3-5-19-6-4-12/h8H,1-7H2,(H,13,16)(H,14,15)(H,17,18)/t8-/m0/s1. The molecule has 0 unspecified atom stereocenters. The van der Waals surface area contributed by atoms with E-state index in [4.69, 9.17) is 4.74 Å². The lowest BCUT2D eigenvalue weighted by atomic mass is 9.80. The van der Waals surface area contributed by atoms with Crippen LogP contribution in [0.1, 0.15) is 25.7 Å². The van der Waals surface area contributed by atoms with Gasteiger partial charge in [0.2, 0.25) is 11.8 Å². The van der Waals surface area contributed by atoms with Gasteiger partial charge in [-0.05, 0) is 19.3 Å². The monoisotopic (exact) mass is 270 g/mol. The number of nitrogens with one attached hydrogen (secondary N) is 2. The molecule has 7 heteroatoms. The highest BCUT2D eigenvalue weighted by Crippen LogP contribution is 2.30. The molecular weight excluding hydrogens is 252 g/mol. The maximum absolute atomic E-state index is 11.8. The molecule has 0 spiro atoms. The third-order valence-electron chi connectivity index (χ3n) is 3.82. The minimum absolute atomic E-state index is 0.0803. The van der Waals surface area contributed by atoms with Gasteiger partial charge in [0.15, 0.2) is 0 Å². The number of hydrogen-bond donors (Lipinski definition) is 3. The van der Waals surface area contributed by atoms with Crippen LogP contribution in [0.15, 0.2) is 0 Å². The predicted molar refractivity (Wildman–Crippen MR) is 64.3 cm³/mol. The summed E-state index contributed by atoms with van der Waals surface area (Å²) in [5.74, 6) is -1.36. The van der Waals surface area contributed by atoms with Crippen molar-refractivity contribution in [1.29, 1.82) is 0 Å². The van der Waals surface area contributed by atoms with E-state index in [1.807, 2.05) is 0 Å². The first-order valence-electron chi connectivity index (χ1n) is 6.42. The van der Waals surface area contributed by atoms with Crippen molar-refractivity contribution in [2.45, 2.75) is 31.7 Å². The van der Waals surface area contributed by atoms with Crippen molar-refractivity contribution in [2.75, 3.05) is 19.8 Å². The van der Waals surface area contributed by atoms with Crippen LogP contribution in [0.25, 0.3) is 0 Å². The Hall–Kier alpha value is -1.63. The molecule has 0 aromatic carbocycles. The molecule has 0 aromatic heterocycles. The van der Waals surface area contributed by atoms with Gasteiger partial charge in [0.1, 0.15) is 6.04 Å². The zero-order chi connectivity index (χ0) is 13.9. The molecule has 19 heavy (non-hydrogen) atoms. The van der Waals surface area contributed by atoms with Gasteiger partial charge in [0.05, 0.1) is 5.41 Å². The Morgan fingerprint density at radius 1 is 1.42 bits per heavy atom. The van der Waals surface area contributed by atoms with Crippen LogP contribution in [0.3, 0.4) is 0 Å². The summed E-state index contributed by atoms with van der Waals surface area (Å²) in [5.41, 5.74) is -0.948. The van der Waals surface area contributed by atoms with Crippen LogP contribution in [0, 0.1) is 5.41 Å². The van der Waals surface area contributed by atoms with Crippen molar-refractivity contribution in [2.24, 2.45) is 5.41 Å². The Morgan fingerprint density at radius 3 is 2.63 bits per heavy atom. The van der Waals surface area contributed by atoms with E-state index in [0.717, 1.165) is 0 Å². The molecule has 2 heterocycles. The Morgan fingerprint density at radius 2 is 2.11 bits per heavy atom. The number of carbonyl (C=O) groups excluding carboxylic acids is 2. The summed E-state index contributed by atoms with van der Waals surface area (Å²) >= 11 is 0. The van der Waals surface area contributed by atoms with Crippen molar-refractivity contribution in [3.63, 3.8) is 0 Å². The van der Waals surface area contributed by atoms with E-state index < -0.39 is 17.4 Å². The number of rotatable bonds is 4. The normalized spacial score (nSPS) is 25.7. The summed E-state index contributed by atoms with van der Waals surface area (Å²) < 4.78 is 5.16. The molecular formula is C12H18N2O5. The maximum atomic E-state index is 11.8. The highest BCUT2D eigenvalue weighted by atomic mass is 16.5. The fraction of sp³-hybridized carbons (Fsp3) is 0.750. The Kier molecular flexibility index (Phi) is 4.04. The van der Waals surface area contributed by atoms with Gasteiger partial charge in [-0.25, -0.2) is 0 Å². The third kappa shape index (κ3) is 3.04. The molecule has 7 nitrogen and oxygen atoms in total. The molecule has 2 fully saturated rings. The van der Waals surface area contributed by atoms with Gasteiger partial charge in [0, 0.05) is 26.2 Å². The Labute approximate surface area is 110 Å². The molecule has 0 saturated carbocycles. The zero-order valence-electron chi connectivity index (χ0n) is 10.6. The van der Waals surface area contributed by atoms with Crippen molar-refractivity contribution >= 4 is 17.8 Å². The van der Waals surface area contributed by atoms with Crippen molar-refractivity contribution in [3.05, 3.63) is 0 Å². The molecule has 0 radical (unpaired) electrons. The largest absolute Gasteiger partial charge is 0.481 e. The molecule has 2 aliphatic rings. The van der Waals surface area contributed by atoms with Gasteiger partial charge < -0.3 is 20.5 Å². The van der Waals surface area contributed by atoms with Gasteiger partial charge in [0.25, 0.3) is 0 Å². The molecule has 0 aromatic rings. The molecule has 2 amide bonds. The number of carboxylic acids is 1. The summed E-state index contributed by atoms with van der Waals surface area (Å²) in [5, 5.41) is 14.5. The Balaban J connectivity index is 1.90. The van der Waals surface area contributed by atoms with Crippen LogP contribution in [0.5, 0.6) is 0 Å². The summed E-state index contributed by atoms with van der Waals surface area (Å²) in [4.78, 5) is 34.3. The van der Waals surface area contributed by atoms with E-state index in [0.29, 0.717) is 38.9 Å². The van der Waals surface area contributed by atoms with E-state index in [-0.39, 0.29) is 18.4 Å². The van der Waals surface area contributed by atoms with Gasteiger partial charge in [-0.3, -0.25) is 14.4 Å². The van der Waals surface area contributed by atoms with E-state index in [2.05, 4.69) is 10.6 Å². The van der Waals surface area contributed by atoms with Crippen LogP contribution >= 0.6 is 0 Å². The lowest BCUT2D eigenvalue weighted by molar-refractivity contribution is -0.154. The number of ether oxygens (including phenoxy) is 1. The first kappa shape index (κ1) is 13.8. The molecule has 2 saturated heterocycles. The molecule has 0 aliphatic carbocycles. The highest BCUT2D eigenvalue weighted by Gasteiger charge is 2.41. The molecule has 0 bridgehead atoms. The molecule has 2 rings (SSSR count). The van der Waals surface area contributed by atoms with Crippen LogP contribution in [-0.2, 0) is 19.1 Å². The Bertz CT molecular complexity index is 390. The molecule has 3 N–H and O–H groups in total. The fourth-order valence-corrected chi connectivity index (χ4v) is 2.42. The van der Waals surface area contributed by atoms with Crippen molar-refractivity contribution < 1.29 is 24.2 Å². The van der Waals surface area contributed by atoms with Crippen LogP contribution in [0.4, 0.5) is 0 Å². The van der Waals surface area contributed by atoms with Gasteiger partial charge in [-0.1, -0.05) is 0 Å². The number of carbonyl (C=O) groups is 3. The van der Waals surface area contributed by atoms with E-state index in [9.17, 15) is 19.5 Å². The average molecular weight is 270 g/mol. The lowest BCUT2D eigenvalue weighted by Crippen LogP contribution is -2.50. The predicted octanol–water partition coefficient (Wildman–Crippen LogP) is -0.737. The number of carboxylic acid groups (broad SMARTS) is 1. The highest BCUT2D eigenvalue weighted by molar-refractivity contribution is 5.91. The SMILES string of the molecule is O=C1CC[C@@H](C(=O)NCC2(C(=O)O)CCOCC2)N1. The second-order valence-electron chi connectivity index (χ2n) is 5.07. The first-order chi connectivity index (χ1) is 9.03. The summed E-state index contributed by atoms with van der Waals surface area (Å²) in [6.45, 7) is 0.863. The third-order valence-corrected chi connectivity index (χ3v) is 3.82. The molecule has 2 aliphatic heterocycles. The topological polar surface area (TPSA) is 105 Å². The first-order valence-corrected chi connectivity index (χ1v) is 6.42. The van der Waals surface area contributed by atoms with Crippen LogP contribution in [0.2, 0.25) is 0 Å². The van der Waals surface area contributed by atoms with Gasteiger partial charge in [-0.2, -0.15) is 0 Å². The number of aliphatic carboxylic acids is 1. The van der Waals surface area contributed by atoms with E-state index >= 15 is 0 Å². The minimum atomic E-state index is -0.948. The summed E-state index contributed by atoms with van der Waals surface area (Å²) in [6.07, 6.45) is 1.59. The fourth-order valence-electron chi connectivity index (χ4n) is 2.42. The summed E-state index contributed by atoms with van der Waals surface area (Å²) in [7, 11) is 0. The average Bonchev–Trinajstić information content (AvgIpc) is 2.83. The van der Waals surface area contributed by atoms with E-state index in [1.54, 1.807) is 0 Å². The van der Waals surface area contributed by atoms with Crippen LogP contribution < -0.4 is 10.6 Å². The van der Waals surface area contributed by atoms with Crippen molar-refractivity contribution in [1.82, 2.24) is 10.6 Å². The second kappa shape index (κ2) is 5.56. The van der Waals surface area contributed by atoms with E-state index in [1.165, 1.54) is 0 Å². The second-order valence-corrected chi connectivity index (χ2v) is 5.07. The van der Waals surface area contributed by atoms with Crippen LogP contribution in [-0.4, -0.2) is 48.7 Å². The minimum Gasteiger partial charge on any atom is -0.481 e. The number of amides is 2.